The Bertz CT molecular complexity index is 695. The van der Waals surface area contributed by atoms with Gasteiger partial charge in [0, 0.05) is 0 Å². The van der Waals surface area contributed by atoms with Crippen LogP contribution >= 0.6 is 0 Å². The summed E-state index contributed by atoms with van der Waals surface area (Å²) in [6.07, 6.45) is -0.0774. The Balaban J connectivity index is 2.33. The lowest BCUT2D eigenvalue weighted by molar-refractivity contribution is 0.0627. The first-order chi connectivity index (χ1) is 9.75. The summed E-state index contributed by atoms with van der Waals surface area (Å²) >= 11 is 0. The SMILES string of the molecule is CC(C)OCCN1C(=O)c2ccc(C(=O)O)cc2S1(=O)=O. The van der Waals surface area contributed by atoms with Crippen molar-refractivity contribution in [3.8, 4) is 0 Å². The molecule has 1 aromatic rings. The van der Waals surface area contributed by atoms with Gasteiger partial charge in [-0.05, 0) is 32.0 Å². The van der Waals surface area contributed by atoms with Crippen molar-refractivity contribution < 1.29 is 27.9 Å². The molecule has 1 N–H and O–H groups in total. The van der Waals surface area contributed by atoms with Crippen LogP contribution in [-0.4, -0.2) is 49.0 Å². The second kappa shape index (κ2) is 5.45. The molecular formula is C13H15NO6S. The Kier molecular flexibility index (Phi) is 4.02. The number of amides is 1. The standard InChI is InChI=1S/C13H15NO6S/c1-8(2)20-6-5-14-12(15)10-4-3-9(13(16)17)7-11(10)21(14,18)19/h3-4,7-8H,5-6H2,1-2H3,(H,16,17). The fourth-order valence-corrected chi connectivity index (χ4v) is 3.58. The molecule has 0 spiro atoms. The van der Waals surface area contributed by atoms with Crippen LogP contribution in [0.15, 0.2) is 23.1 Å². The van der Waals surface area contributed by atoms with Crippen molar-refractivity contribution in [2.45, 2.75) is 24.8 Å². The maximum Gasteiger partial charge on any atom is 0.335 e. The van der Waals surface area contributed by atoms with Crippen LogP contribution < -0.4 is 0 Å². The molecule has 0 atom stereocenters. The molecule has 0 radical (unpaired) electrons. The van der Waals surface area contributed by atoms with E-state index in [1.807, 2.05) is 0 Å². The minimum atomic E-state index is -4.01. The average Bonchev–Trinajstić information content (AvgIpc) is 2.59. The van der Waals surface area contributed by atoms with Crippen LogP contribution in [0.2, 0.25) is 0 Å². The Morgan fingerprint density at radius 3 is 2.62 bits per heavy atom. The van der Waals surface area contributed by atoms with Crippen LogP contribution in [0.4, 0.5) is 0 Å². The zero-order chi connectivity index (χ0) is 15.8. The van der Waals surface area contributed by atoms with E-state index in [0.717, 1.165) is 6.07 Å². The first-order valence-electron chi connectivity index (χ1n) is 6.31. The number of ether oxygens (including phenoxy) is 1. The number of hydrogen-bond donors (Lipinski definition) is 1. The molecule has 0 fully saturated rings. The lowest BCUT2D eigenvalue weighted by Gasteiger charge is -2.16. The third-order valence-electron chi connectivity index (χ3n) is 3.00. The predicted molar refractivity (Wildman–Crippen MR) is 72.7 cm³/mol. The van der Waals surface area contributed by atoms with Gasteiger partial charge in [-0.1, -0.05) is 0 Å². The van der Waals surface area contributed by atoms with E-state index in [4.69, 9.17) is 9.84 Å². The topological polar surface area (TPSA) is 101 Å². The molecule has 1 heterocycles. The number of carbonyl (C=O) groups is 2. The minimum Gasteiger partial charge on any atom is -0.478 e. The molecule has 0 unspecified atom stereocenters. The van der Waals surface area contributed by atoms with E-state index in [1.54, 1.807) is 13.8 Å². The number of carboxylic acid groups (broad SMARTS) is 1. The fraction of sp³-hybridized carbons (Fsp3) is 0.385. The molecule has 8 heteroatoms. The van der Waals surface area contributed by atoms with E-state index in [9.17, 15) is 18.0 Å². The average molecular weight is 313 g/mol. The third-order valence-corrected chi connectivity index (χ3v) is 4.82. The lowest BCUT2D eigenvalue weighted by Crippen LogP contribution is -2.33. The Morgan fingerprint density at radius 1 is 1.38 bits per heavy atom. The maximum absolute atomic E-state index is 12.3. The first kappa shape index (κ1) is 15.5. The lowest BCUT2D eigenvalue weighted by atomic mass is 10.1. The summed E-state index contributed by atoms with van der Waals surface area (Å²) in [5.74, 6) is -1.91. The maximum atomic E-state index is 12.3. The number of fused-ring (bicyclic) bond motifs is 1. The molecule has 1 aromatic carbocycles. The Labute approximate surface area is 122 Å². The normalized spacial score (nSPS) is 16.3. The summed E-state index contributed by atoms with van der Waals surface area (Å²) in [4.78, 5) is 22.8. The highest BCUT2D eigenvalue weighted by Crippen LogP contribution is 2.30. The molecule has 114 valence electrons. The van der Waals surface area contributed by atoms with Gasteiger partial charge in [-0.25, -0.2) is 17.5 Å². The summed E-state index contributed by atoms with van der Waals surface area (Å²) in [7, 11) is -4.01. The molecule has 21 heavy (non-hydrogen) atoms. The first-order valence-corrected chi connectivity index (χ1v) is 7.75. The Morgan fingerprint density at radius 2 is 2.05 bits per heavy atom. The second-order valence-corrected chi connectivity index (χ2v) is 6.65. The van der Waals surface area contributed by atoms with Crippen molar-refractivity contribution >= 4 is 21.9 Å². The molecule has 0 saturated carbocycles. The molecular weight excluding hydrogens is 298 g/mol. The largest absolute Gasteiger partial charge is 0.478 e. The summed E-state index contributed by atoms with van der Waals surface area (Å²) in [5.41, 5.74) is -0.185. The summed E-state index contributed by atoms with van der Waals surface area (Å²) in [6.45, 7) is 3.58. The van der Waals surface area contributed by atoms with Gasteiger partial charge < -0.3 is 9.84 Å². The van der Waals surface area contributed by atoms with Gasteiger partial charge in [0.05, 0.1) is 30.4 Å². The number of rotatable bonds is 5. The molecule has 7 nitrogen and oxygen atoms in total. The van der Waals surface area contributed by atoms with Crippen LogP contribution in [-0.2, 0) is 14.8 Å². The number of aromatic carboxylic acids is 1. The van der Waals surface area contributed by atoms with E-state index in [-0.39, 0.29) is 35.3 Å². The van der Waals surface area contributed by atoms with Crippen molar-refractivity contribution in [1.82, 2.24) is 4.31 Å². The van der Waals surface area contributed by atoms with Crippen molar-refractivity contribution in [3.63, 3.8) is 0 Å². The van der Waals surface area contributed by atoms with E-state index in [0.29, 0.717) is 4.31 Å². The van der Waals surface area contributed by atoms with E-state index in [2.05, 4.69) is 0 Å². The van der Waals surface area contributed by atoms with Gasteiger partial charge in [-0.2, -0.15) is 0 Å². The molecule has 0 aromatic heterocycles. The van der Waals surface area contributed by atoms with Gasteiger partial charge >= 0.3 is 5.97 Å². The number of sulfonamides is 1. The summed E-state index contributed by atoms with van der Waals surface area (Å²) < 4.78 is 30.6. The highest BCUT2D eigenvalue weighted by molar-refractivity contribution is 7.90. The van der Waals surface area contributed by atoms with Crippen LogP contribution in [0.1, 0.15) is 34.6 Å². The van der Waals surface area contributed by atoms with E-state index in [1.165, 1.54) is 12.1 Å². The molecule has 0 bridgehead atoms. The van der Waals surface area contributed by atoms with Gasteiger partial charge in [0.25, 0.3) is 15.9 Å². The van der Waals surface area contributed by atoms with Gasteiger partial charge in [-0.3, -0.25) is 4.79 Å². The number of hydrogen-bond acceptors (Lipinski definition) is 5. The number of nitrogens with zero attached hydrogens (tertiary/aromatic N) is 1. The smallest absolute Gasteiger partial charge is 0.335 e. The van der Waals surface area contributed by atoms with E-state index >= 15 is 0 Å². The highest BCUT2D eigenvalue weighted by atomic mass is 32.2. The van der Waals surface area contributed by atoms with Crippen molar-refractivity contribution in [2.24, 2.45) is 0 Å². The molecule has 1 aliphatic heterocycles. The third kappa shape index (κ3) is 2.77. The number of carboxylic acids is 1. The summed E-state index contributed by atoms with van der Waals surface area (Å²) in [6, 6.07) is 3.44. The molecule has 0 aliphatic carbocycles. The zero-order valence-electron chi connectivity index (χ0n) is 11.6. The molecule has 2 rings (SSSR count). The zero-order valence-corrected chi connectivity index (χ0v) is 12.4. The van der Waals surface area contributed by atoms with Gasteiger partial charge in [-0.15, -0.1) is 0 Å². The van der Waals surface area contributed by atoms with Crippen LogP contribution in [0, 0.1) is 0 Å². The second-order valence-electron chi connectivity index (χ2n) is 4.82. The Hall–Kier alpha value is -1.93. The highest BCUT2D eigenvalue weighted by Gasteiger charge is 2.41. The van der Waals surface area contributed by atoms with E-state index < -0.39 is 21.9 Å². The number of benzene rings is 1. The van der Waals surface area contributed by atoms with Crippen LogP contribution in [0.3, 0.4) is 0 Å². The predicted octanol–water partition coefficient (Wildman–Crippen LogP) is 0.954. The van der Waals surface area contributed by atoms with Crippen molar-refractivity contribution in [1.29, 1.82) is 0 Å². The van der Waals surface area contributed by atoms with Crippen LogP contribution in [0.5, 0.6) is 0 Å². The molecule has 1 aliphatic rings. The van der Waals surface area contributed by atoms with Gasteiger partial charge in [0.1, 0.15) is 4.90 Å². The van der Waals surface area contributed by atoms with Crippen LogP contribution in [0.25, 0.3) is 0 Å². The molecule has 1 amide bonds. The number of carbonyl (C=O) groups excluding carboxylic acids is 1. The minimum absolute atomic E-state index is 0.00968. The van der Waals surface area contributed by atoms with Crippen molar-refractivity contribution in [2.75, 3.05) is 13.2 Å². The quantitative estimate of drug-likeness (QED) is 0.868. The summed E-state index contributed by atoms with van der Waals surface area (Å²) in [5, 5.41) is 8.91. The monoisotopic (exact) mass is 313 g/mol. The van der Waals surface area contributed by atoms with Gasteiger partial charge in [0.2, 0.25) is 0 Å². The van der Waals surface area contributed by atoms with Crippen molar-refractivity contribution in [3.05, 3.63) is 29.3 Å². The molecule has 0 saturated heterocycles. The fourth-order valence-electron chi connectivity index (χ4n) is 2.00. The van der Waals surface area contributed by atoms with Gasteiger partial charge in [0.15, 0.2) is 0 Å².